The highest BCUT2D eigenvalue weighted by Gasteiger charge is 2.26. The normalized spacial score (nSPS) is 17.9. The van der Waals surface area contributed by atoms with Gasteiger partial charge in [-0.1, -0.05) is 25.8 Å². The lowest BCUT2D eigenvalue weighted by molar-refractivity contribution is 0.157. The lowest BCUT2D eigenvalue weighted by atomic mass is 9.97. The highest BCUT2D eigenvalue weighted by molar-refractivity contribution is 5.46. The molecule has 20 heavy (non-hydrogen) atoms. The van der Waals surface area contributed by atoms with Crippen molar-refractivity contribution in [1.29, 1.82) is 0 Å². The Hall–Kier alpha value is -1.26. The van der Waals surface area contributed by atoms with Crippen molar-refractivity contribution in [2.24, 2.45) is 0 Å². The Balaban J connectivity index is 2.29. The van der Waals surface area contributed by atoms with Crippen molar-refractivity contribution >= 4 is 0 Å². The molecule has 0 bridgehead atoms. The molecule has 4 nitrogen and oxygen atoms in total. The number of unbranched alkanes of at least 4 members (excludes halogenated alkanes) is 1. The first-order valence-corrected chi connectivity index (χ1v) is 7.58. The number of benzene rings is 1. The first-order valence-electron chi connectivity index (χ1n) is 7.58. The Morgan fingerprint density at radius 2 is 2.10 bits per heavy atom. The van der Waals surface area contributed by atoms with Crippen LogP contribution in [-0.4, -0.2) is 43.3 Å². The smallest absolute Gasteiger partial charge is 0.127 e. The Morgan fingerprint density at radius 1 is 1.35 bits per heavy atom. The molecule has 2 N–H and O–H groups in total. The summed E-state index contributed by atoms with van der Waals surface area (Å²) in [6.45, 7) is 6.27. The van der Waals surface area contributed by atoms with Crippen molar-refractivity contribution in [2.45, 2.75) is 32.2 Å². The Morgan fingerprint density at radius 3 is 2.75 bits per heavy atom. The maximum Gasteiger partial charge on any atom is 0.127 e. The number of piperazine rings is 1. The molecule has 1 aliphatic heterocycles. The summed E-state index contributed by atoms with van der Waals surface area (Å²) in [6, 6.07) is 5.79. The van der Waals surface area contributed by atoms with Gasteiger partial charge in [-0.2, -0.15) is 0 Å². The number of nitrogens with one attached hydrogen (secondary N) is 1. The van der Waals surface area contributed by atoms with Gasteiger partial charge in [-0.05, 0) is 18.6 Å². The van der Waals surface area contributed by atoms with Crippen LogP contribution in [0.25, 0.3) is 0 Å². The molecule has 1 aliphatic rings. The molecule has 4 heteroatoms. The van der Waals surface area contributed by atoms with Crippen molar-refractivity contribution in [3.8, 4) is 11.5 Å². The number of rotatable bonds is 6. The molecule has 1 aromatic carbocycles. The van der Waals surface area contributed by atoms with E-state index in [4.69, 9.17) is 4.74 Å². The third-order valence-corrected chi connectivity index (χ3v) is 4.02. The molecule has 1 fully saturated rings. The maximum atomic E-state index is 10.3. The van der Waals surface area contributed by atoms with Crippen LogP contribution >= 0.6 is 0 Å². The Bertz CT molecular complexity index is 417. The van der Waals surface area contributed by atoms with Crippen molar-refractivity contribution in [2.75, 3.05) is 33.3 Å². The van der Waals surface area contributed by atoms with Crippen LogP contribution in [0, 0.1) is 0 Å². The summed E-state index contributed by atoms with van der Waals surface area (Å²) in [5.41, 5.74) is 0.949. The van der Waals surface area contributed by atoms with Gasteiger partial charge in [0.2, 0.25) is 0 Å². The fourth-order valence-electron chi connectivity index (χ4n) is 2.95. The van der Waals surface area contributed by atoms with E-state index >= 15 is 0 Å². The van der Waals surface area contributed by atoms with Gasteiger partial charge in [0, 0.05) is 32.2 Å². The molecule has 2 rings (SSSR count). The van der Waals surface area contributed by atoms with Crippen LogP contribution in [0.1, 0.15) is 37.8 Å². The molecule has 1 atom stereocenters. The number of ether oxygens (including phenoxy) is 1. The predicted octanol–water partition coefficient (Wildman–Crippen LogP) is 2.54. The Labute approximate surface area is 121 Å². The quantitative estimate of drug-likeness (QED) is 0.839. The molecule has 1 heterocycles. The number of nitrogens with zero attached hydrogens (tertiary/aromatic N) is 1. The van der Waals surface area contributed by atoms with Crippen molar-refractivity contribution < 1.29 is 9.84 Å². The van der Waals surface area contributed by atoms with Crippen LogP contribution in [0.2, 0.25) is 0 Å². The van der Waals surface area contributed by atoms with E-state index in [-0.39, 0.29) is 6.04 Å². The second-order valence-electron chi connectivity index (χ2n) is 5.34. The van der Waals surface area contributed by atoms with Gasteiger partial charge < -0.3 is 15.2 Å². The summed E-state index contributed by atoms with van der Waals surface area (Å²) >= 11 is 0. The van der Waals surface area contributed by atoms with Crippen LogP contribution in [0.15, 0.2) is 18.2 Å². The fraction of sp³-hybridized carbons (Fsp3) is 0.625. The summed E-state index contributed by atoms with van der Waals surface area (Å²) in [5.74, 6) is 1.15. The SMILES string of the molecule is CCCC[C@@H](c1c(O)cccc1OC)N1CCNCC1. The van der Waals surface area contributed by atoms with Crippen LogP contribution in [-0.2, 0) is 0 Å². The molecule has 1 aromatic rings. The average Bonchev–Trinajstić information content (AvgIpc) is 2.50. The van der Waals surface area contributed by atoms with Gasteiger partial charge in [0.1, 0.15) is 11.5 Å². The fourth-order valence-corrected chi connectivity index (χ4v) is 2.95. The summed E-state index contributed by atoms with van der Waals surface area (Å²) in [7, 11) is 1.67. The largest absolute Gasteiger partial charge is 0.507 e. The zero-order chi connectivity index (χ0) is 14.4. The minimum atomic E-state index is 0.244. The first kappa shape index (κ1) is 15.1. The third-order valence-electron chi connectivity index (χ3n) is 4.02. The molecule has 0 amide bonds. The number of phenols is 1. The summed E-state index contributed by atoms with van der Waals surface area (Å²) < 4.78 is 5.48. The van der Waals surface area contributed by atoms with E-state index in [2.05, 4.69) is 17.1 Å². The van der Waals surface area contributed by atoms with E-state index in [0.29, 0.717) is 5.75 Å². The molecule has 0 radical (unpaired) electrons. The van der Waals surface area contributed by atoms with E-state index in [9.17, 15) is 5.11 Å². The molecule has 0 spiro atoms. The van der Waals surface area contributed by atoms with Gasteiger partial charge in [-0.15, -0.1) is 0 Å². The summed E-state index contributed by atoms with van der Waals surface area (Å²) in [6.07, 6.45) is 3.38. The minimum absolute atomic E-state index is 0.244. The lowest BCUT2D eigenvalue weighted by Gasteiger charge is -2.36. The Kier molecular flexibility index (Phi) is 5.68. The number of aromatic hydroxyl groups is 1. The summed E-state index contributed by atoms with van der Waals surface area (Å²) in [4.78, 5) is 2.46. The minimum Gasteiger partial charge on any atom is -0.507 e. The van der Waals surface area contributed by atoms with Gasteiger partial charge in [-0.25, -0.2) is 0 Å². The van der Waals surface area contributed by atoms with Crippen LogP contribution in [0.5, 0.6) is 11.5 Å². The lowest BCUT2D eigenvalue weighted by Crippen LogP contribution is -2.45. The maximum absolute atomic E-state index is 10.3. The predicted molar refractivity (Wildman–Crippen MR) is 81.4 cm³/mol. The van der Waals surface area contributed by atoms with Gasteiger partial charge in [0.25, 0.3) is 0 Å². The van der Waals surface area contributed by atoms with Crippen LogP contribution in [0.4, 0.5) is 0 Å². The molecule has 112 valence electrons. The van der Waals surface area contributed by atoms with Crippen molar-refractivity contribution in [3.05, 3.63) is 23.8 Å². The van der Waals surface area contributed by atoms with Gasteiger partial charge in [0.15, 0.2) is 0 Å². The average molecular weight is 278 g/mol. The molecule has 0 aromatic heterocycles. The molecule has 0 unspecified atom stereocenters. The zero-order valence-electron chi connectivity index (χ0n) is 12.6. The monoisotopic (exact) mass is 278 g/mol. The second kappa shape index (κ2) is 7.50. The van der Waals surface area contributed by atoms with E-state index in [1.54, 1.807) is 13.2 Å². The van der Waals surface area contributed by atoms with Gasteiger partial charge in [-0.3, -0.25) is 4.90 Å². The van der Waals surface area contributed by atoms with Crippen LogP contribution < -0.4 is 10.1 Å². The zero-order valence-corrected chi connectivity index (χ0v) is 12.6. The standard InChI is InChI=1S/C16H26N2O2/c1-3-4-6-13(18-11-9-17-10-12-18)16-14(19)7-5-8-15(16)20-2/h5,7-8,13,17,19H,3-4,6,9-12H2,1-2H3/t13-/m0/s1. The van der Waals surface area contributed by atoms with E-state index in [1.165, 1.54) is 6.42 Å². The number of phenolic OH excluding ortho intramolecular Hbond substituents is 1. The van der Waals surface area contributed by atoms with Crippen molar-refractivity contribution in [1.82, 2.24) is 10.2 Å². The van der Waals surface area contributed by atoms with Gasteiger partial charge >= 0.3 is 0 Å². The first-order chi connectivity index (χ1) is 9.77. The topological polar surface area (TPSA) is 44.7 Å². The van der Waals surface area contributed by atoms with E-state index < -0.39 is 0 Å². The highest BCUT2D eigenvalue weighted by Crippen LogP contribution is 2.39. The highest BCUT2D eigenvalue weighted by atomic mass is 16.5. The van der Waals surface area contributed by atoms with E-state index in [1.807, 2.05) is 12.1 Å². The van der Waals surface area contributed by atoms with E-state index in [0.717, 1.165) is 50.3 Å². The third kappa shape index (κ3) is 3.44. The summed E-state index contributed by atoms with van der Waals surface area (Å²) in [5, 5.41) is 13.7. The molecule has 1 saturated heterocycles. The van der Waals surface area contributed by atoms with Crippen LogP contribution in [0.3, 0.4) is 0 Å². The molecular weight excluding hydrogens is 252 g/mol. The molecular formula is C16H26N2O2. The number of methoxy groups -OCH3 is 1. The van der Waals surface area contributed by atoms with Crippen molar-refractivity contribution in [3.63, 3.8) is 0 Å². The van der Waals surface area contributed by atoms with Gasteiger partial charge in [0.05, 0.1) is 12.7 Å². The number of hydrogen-bond donors (Lipinski definition) is 2. The number of hydrogen-bond acceptors (Lipinski definition) is 4. The molecule has 0 saturated carbocycles. The molecule has 0 aliphatic carbocycles. The second-order valence-corrected chi connectivity index (χ2v) is 5.34.